The van der Waals surface area contributed by atoms with Crippen LogP contribution < -0.4 is 5.73 Å². The summed E-state index contributed by atoms with van der Waals surface area (Å²) in [6.07, 6.45) is 0. The number of non-ortho nitro benzene ring substituents is 1. The summed E-state index contributed by atoms with van der Waals surface area (Å²) in [6, 6.07) is 6.21. The number of thiophene rings is 1. The summed E-state index contributed by atoms with van der Waals surface area (Å²) in [7, 11) is 1.28. The average molecular weight is 292 g/mol. The standard InChI is InChI=1S/C13H12N2O4S/c1-7-3-4-8(15(17)18)5-9(7)11-6-10(14)12(20-11)13(16)19-2/h3-6H,14H2,1-2H3. The number of carbonyl (C=O) groups is 1. The molecule has 6 nitrogen and oxygen atoms in total. The van der Waals surface area contributed by atoms with Gasteiger partial charge in [0, 0.05) is 22.6 Å². The summed E-state index contributed by atoms with van der Waals surface area (Å²) >= 11 is 1.16. The maximum Gasteiger partial charge on any atom is 0.350 e. The summed E-state index contributed by atoms with van der Waals surface area (Å²) < 4.78 is 4.64. The van der Waals surface area contributed by atoms with E-state index >= 15 is 0 Å². The van der Waals surface area contributed by atoms with Gasteiger partial charge in [-0.3, -0.25) is 10.1 Å². The summed E-state index contributed by atoms with van der Waals surface area (Å²) in [5.74, 6) is -0.512. The SMILES string of the molecule is COC(=O)c1sc(-c2cc([N+](=O)[O-])ccc2C)cc1N. The van der Waals surface area contributed by atoms with Gasteiger partial charge >= 0.3 is 5.97 Å². The Balaban J connectivity index is 2.54. The zero-order chi connectivity index (χ0) is 14.9. The van der Waals surface area contributed by atoms with Gasteiger partial charge in [-0.05, 0) is 18.6 Å². The summed E-state index contributed by atoms with van der Waals surface area (Å²) in [5.41, 5.74) is 7.64. The molecule has 1 heterocycles. The highest BCUT2D eigenvalue weighted by atomic mass is 32.1. The van der Waals surface area contributed by atoms with E-state index in [1.165, 1.54) is 19.2 Å². The molecule has 0 fully saturated rings. The van der Waals surface area contributed by atoms with E-state index in [1.54, 1.807) is 12.1 Å². The Morgan fingerprint density at radius 3 is 2.70 bits per heavy atom. The lowest BCUT2D eigenvalue weighted by molar-refractivity contribution is -0.384. The quantitative estimate of drug-likeness (QED) is 0.533. The Labute approximate surface area is 118 Å². The number of esters is 1. The average Bonchev–Trinajstić information content (AvgIpc) is 2.80. The van der Waals surface area contributed by atoms with E-state index in [-0.39, 0.29) is 5.69 Å². The number of nitrogens with zero attached hydrogens (tertiary/aromatic N) is 1. The third-order valence-corrected chi connectivity index (χ3v) is 3.99. The van der Waals surface area contributed by atoms with E-state index in [0.29, 0.717) is 21.0 Å². The summed E-state index contributed by atoms with van der Waals surface area (Å²) in [6.45, 7) is 1.84. The number of ether oxygens (including phenoxy) is 1. The molecule has 0 bridgehead atoms. The highest BCUT2D eigenvalue weighted by Crippen LogP contribution is 2.36. The number of methoxy groups -OCH3 is 1. The molecule has 0 amide bonds. The fraction of sp³-hybridized carbons (Fsp3) is 0.154. The molecular weight excluding hydrogens is 280 g/mol. The third kappa shape index (κ3) is 2.48. The highest BCUT2D eigenvalue weighted by molar-refractivity contribution is 7.18. The van der Waals surface area contributed by atoms with Crippen LogP contribution in [0.4, 0.5) is 11.4 Å². The molecule has 0 aliphatic carbocycles. The van der Waals surface area contributed by atoms with Gasteiger partial charge in [-0.15, -0.1) is 11.3 Å². The van der Waals surface area contributed by atoms with Gasteiger partial charge in [-0.1, -0.05) is 6.07 Å². The number of benzene rings is 1. The van der Waals surface area contributed by atoms with Gasteiger partial charge in [0.1, 0.15) is 4.88 Å². The minimum atomic E-state index is -0.512. The van der Waals surface area contributed by atoms with Crippen molar-refractivity contribution in [2.75, 3.05) is 12.8 Å². The Bertz CT molecular complexity index is 694. The Morgan fingerprint density at radius 2 is 2.10 bits per heavy atom. The molecule has 0 aliphatic heterocycles. The fourth-order valence-corrected chi connectivity index (χ4v) is 2.86. The van der Waals surface area contributed by atoms with Crippen molar-refractivity contribution < 1.29 is 14.5 Å². The van der Waals surface area contributed by atoms with Gasteiger partial charge in [0.05, 0.1) is 17.7 Å². The maximum absolute atomic E-state index is 11.5. The lowest BCUT2D eigenvalue weighted by Gasteiger charge is -2.02. The maximum atomic E-state index is 11.5. The van der Waals surface area contributed by atoms with Gasteiger partial charge in [0.25, 0.3) is 5.69 Å². The molecular formula is C13H12N2O4S. The van der Waals surface area contributed by atoms with E-state index in [1.807, 2.05) is 6.92 Å². The molecule has 2 rings (SSSR count). The second kappa shape index (κ2) is 5.30. The Kier molecular flexibility index (Phi) is 3.71. The predicted molar refractivity (Wildman–Crippen MR) is 76.9 cm³/mol. The molecule has 1 aromatic carbocycles. The molecule has 0 radical (unpaired) electrons. The molecule has 0 aliphatic rings. The molecule has 0 spiro atoms. The van der Waals surface area contributed by atoms with E-state index < -0.39 is 10.9 Å². The minimum Gasteiger partial charge on any atom is -0.465 e. The molecule has 1 aromatic heterocycles. The number of nitro groups is 1. The number of carbonyl (C=O) groups excluding carboxylic acids is 1. The first kappa shape index (κ1) is 14.0. The first-order valence-electron chi connectivity index (χ1n) is 5.67. The fourth-order valence-electron chi connectivity index (χ4n) is 1.78. The van der Waals surface area contributed by atoms with Crippen LogP contribution in [-0.4, -0.2) is 18.0 Å². The van der Waals surface area contributed by atoms with Crippen molar-refractivity contribution in [3.63, 3.8) is 0 Å². The van der Waals surface area contributed by atoms with Crippen LogP contribution in [0.25, 0.3) is 10.4 Å². The van der Waals surface area contributed by atoms with Gasteiger partial charge in [0.15, 0.2) is 0 Å². The van der Waals surface area contributed by atoms with Gasteiger partial charge in [-0.25, -0.2) is 4.79 Å². The number of nitrogens with two attached hydrogens (primary N) is 1. The summed E-state index contributed by atoms with van der Waals surface area (Å²) in [4.78, 5) is 22.9. The van der Waals surface area contributed by atoms with Crippen LogP contribution in [0.2, 0.25) is 0 Å². The van der Waals surface area contributed by atoms with Crippen molar-refractivity contribution in [2.24, 2.45) is 0 Å². The molecule has 7 heteroatoms. The van der Waals surface area contributed by atoms with Crippen LogP contribution in [-0.2, 0) is 4.74 Å². The zero-order valence-electron chi connectivity index (χ0n) is 10.9. The number of hydrogen-bond acceptors (Lipinski definition) is 6. The van der Waals surface area contributed by atoms with Crippen LogP contribution in [0.15, 0.2) is 24.3 Å². The number of rotatable bonds is 3. The van der Waals surface area contributed by atoms with Crippen LogP contribution >= 0.6 is 11.3 Å². The van der Waals surface area contributed by atoms with Crippen LogP contribution in [0.5, 0.6) is 0 Å². The van der Waals surface area contributed by atoms with Crippen molar-refractivity contribution >= 4 is 28.7 Å². The summed E-state index contributed by atoms with van der Waals surface area (Å²) in [5, 5.41) is 10.8. The van der Waals surface area contributed by atoms with Gasteiger partial charge in [0.2, 0.25) is 0 Å². The van der Waals surface area contributed by atoms with Crippen molar-refractivity contribution in [3.8, 4) is 10.4 Å². The monoisotopic (exact) mass is 292 g/mol. The molecule has 0 atom stereocenters. The Hall–Kier alpha value is -2.41. The topological polar surface area (TPSA) is 95.5 Å². The third-order valence-electron chi connectivity index (χ3n) is 2.83. The predicted octanol–water partition coefficient (Wildman–Crippen LogP) is 3.00. The molecule has 104 valence electrons. The lowest BCUT2D eigenvalue weighted by atomic mass is 10.1. The highest BCUT2D eigenvalue weighted by Gasteiger charge is 2.18. The van der Waals surface area contributed by atoms with Gasteiger partial charge < -0.3 is 10.5 Å². The van der Waals surface area contributed by atoms with Crippen LogP contribution in [0.3, 0.4) is 0 Å². The molecule has 20 heavy (non-hydrogen) atoms. The smallest absolute Gasteiger partial charge is 0.350 e. The zero-order valence-corrected chi connectivity index (χ0v) is 11.7. The largest absolute Gasteiger partial charge is 0.465 e. The second-order valence-electron chi connectivity index (χ2n) is 4.14. The van der Waals surface area contributed by atoms with Crippen LogP contribution in [0.1, 0.15) is 15.2 Å². The van der Waals surface area contributed by atoms with Crippen molar-refractivity contribution in [1.29, 1.82) is 0 Å². The Morgan fingerprint density at radius 1 is 1.40 bits per heavy atom. The van der Waals surface area contributed by atoms with E-state index in [9.17, 15) is 14.9 Å². The van der Waals surface area contributed by atoms with E-state index in [0.717, 1.165) is 16.9 Å². The molecule has 2 N–H and O–H groups in total. The normalized spacial score (nSPS) is 10.3. The molecule has 0 unspecified atom stereocenters. The number of nitro benzene ring substituents is 1. The number of anilines is 1. The first-order chi connectivity index (χ1) is 9.43. The number of hydrogen-bond donors (Lipinski definition) is 1. The van der Waals surface area contributed by atoms with Gasteiger partial charge in [-0.2, -0.15) is 0 Å². The number of aryl methyl sites for hydroxylation is 1. The minimum absolute atomic E-state index is 0.00260. The lowest BCUT2D eigenvalue weighted by Crippen LogP contribution is -2.00. The number of nitrogen functional groups attached to an aromatic ring is 1. The van der Waals surface area contributed by atoms with Crippen molar-refractivity contribution in [1.82, 2.24) is 0 Å². The molecule has 2 aromatic rings. The second-order valence-corrected chi connectivity index (χ2v) is 5.20. The van der Waals surface area contributed by atoms with E-state index in [4.69, 9.17) is 5.73 Å². The molecule has 0 saturated carbocycles. The van der Waals surface area contributed by atoms with Crippen LogP contribution in [0, 0.1) is 17.0 Å². The first-order valence-corrected chi connectivity index (χ1v) is 6.48. The van der Waals surface area contributed by atoms with Crippen molar-refractivity contribution in [2.45, 2.75) is 6.92 Å². The van der Waals surface area contributed by atoms with E-state index in [2.05, 4.69) is 4.74 Å². The molecule has 0 saturated heterocycles. The van der Waals surface area contributed by atoms with Crippen molar-refractivity contribution in [3.05, 3.63) is 44.8 Å².